The van der Waals surface area contributed by atoms with Crippen molar-refractivity contribution in [2.75, 3.05) is 32.2 Å². The van der Waals surface area contributed by atoms with Crippen LogP contribution in [0.3, 0.4) is 0 Å². The topological polar surface area (TPSA) is 73.3 Å². The Morgan fingerprint density at radius 1 is 1.20 bits per heavy atom. The summed E-state index contributed by atoms with van der Waals surface area (Å²) in [5, 5.41) is 3.03. The van der Waals surface area contributed by atoms with Gasteiger partial charge in [-0.1, -0.05) is 6.07 Å². The Hall–Kier alpha value is -3.39. The molecule has 6 nitrogen and oxygen atoms in total. The van der Waals surface area contributed by atoms with Crippen LogP contribution in [0, 0.1) is 11.6 Å². The van der Waals surface area contributed by atoms with Crippen LogP contribution in [0.5, 0.6) is 5.75 Å². The molecule has 4 rings (SSSR count). The van der Waals surface area contributed by atoms with E-state index in [0.717, 1.165) is 17.2 Å². The van der Waals surface area contributed by atoms with E-state index in [4.69, 9.17) is 9.47 Å². The molecule has 1 N–H and O–H groups in total. The number of nitrogens with zero attached hydrogens (tertiary/aromatic N) is 2. The van der Waals surface area contributed by atoms with E-state index in [2.05, 4.69) is 15.3 Å². The Morgan fingerprint density at radius 3 is 2.83 bits per heavy atom. The minimum Gasteiger partial charge on any atom is -0.488 e. The Labute approximate surface area is 171 Å². The molecule has 1 unspecified atom stereocenters. The summed E-state index contributed by atoms with van der Waals surface area (Å²) >= 11 is 0. The average molecular weight is 411 g/mol. The highest BCUT2D eigenvalue weighted by Gasteiger charge is 2.34. The fraction of sp³-hybridized carbons (Fsp3) is 0.227. The summed E-state index contributed by atoms with van der Waals surface area (Å²) in [6, 6.07) is 7.67. The number of benzene rings is 1. The third kappa shape index (κ3) is 3.73. The second kappa shape index (κ2) is 8.54. The van der Waals surface area contributed by atoms with Crippen LogP contribution < -0.4 is 10.1 Å². The van der Waals surface area contributed by atoms with Crippen LogP contribution in [0.1, 0.15) is 21.8 Å². The number of ketones is 1. The van der Waals surface area contributed by atoms with Gasteiger partial charge < -0.3 is 14.8 Å². The van der Waals surface area contributed by atoms with Crippen LogP contribution in [-0.4, -0.2) is 42.6 Å². The monoisotopic (exact) mass is 411 g/mol. The minimum absolute atomic E-state index is 0.0822. The number of Topliss-reactive ketones (excluding diaryl/α,β-unsaturated/α-hetero) is 1. The lowest BCUT2D eigenvalue weighted by atomic mass is 9.91. The molecule has 0 saturated heterocycles. The molecule has 154 valence electrons. The van der Waals surface area contributed by atoms with Crippen LogP contribution in [0.15, 0.2) is 48.9 Å². The fourth-order valence-electron chi connectivity index (χ4n) is 3.41. The standard InChI is InChI=1S/C22H19F2N3O3/c1-29-7-8-30-18-5-4-17(23)19(20(18)24)21(28)16-12-27-22-15(16)9-14(11-26-22)13-3-2-6-25-10-13/h2-6,9-11,16H,7-8,12H2,1H3,(H,26,27). The van der Waals surface area contributed by atoms with Gasteiger partial charge >= 0.3 is 0 Å². The first-order chi connectivity index (χ1) is 14.6. The SMILES string of the molecule is COCCOc1ccc(F)c(C(=O)C2CNc3ncc(-c4cccnc4)cc32)c1F. The van der Waals surface area contributed by atoms with Gasteiger partial charge in [-0.15, -0.1) is 0 Å². The van der Waals surface area contributed by atoms with Crippen LogP contribution in [0.4, 0.5) is 14.6 Å². The number of fused-ring (bicyclic) bond motifs is 1. The van der Waals surface area contributed by atoms with Crippen molar-refractivity contribution in [3.8, 4) is 16.9 Å². The van der Waals surface area contributed by atoms with E-state index < -0.39 is 28.9 Å². The van der Waals surface area contributed by atoms with E-state index in [1.807, 2.05) is 6.07 Å². The summed E-state index contributed by atoms with van der Waals surface area (Å²) in [4.78, 5) is 21.6. The second-order valence-corrected chi connectivity index (χ2v) is 6.78. The number of carbonyl (C=O) groups is 1. The lowest BCUT2D eigenvalue weighted by Gasteiger charge is -2.14. The molecule has 1 atom stereocenters. The van der Waals surface area contributed by atoms with Gasteiger partial charge in [0.2, 0.25) is 0 Å². The van der Waals surface area contributed by atoms with Gasteiger partial charge in [-0.25, -0.2) is 13.8 Å². The zero-order valence-corrected chi connectivity index (χ0v) is 16.2. The van der Waals surface area contributed by atoms with Gasteiger partial charge in [0.25, 0.3) is 0 Å². The predicted octanol–water partition coefficient (Wildman–Crippen LogP) is 3.84. The van der Waals surface area contributed by atoms with Crippen molar-refractivity contribution < 1.29 is 23.0 Å². The van der Waals surface area contributed by atoms with Gasteiger partial charge in [0.05, 0.1) is 18.1 Å². The number of nitrogens with one attached hydrogen (secondary N) is 1. The number of methoxy groups -OCH3 is 1. The largest absolute Gasteiger partial charge is 0.488 e. The van der Waals surface area contributed by atoms with E-state index >= 15 is 0 Å². The van der Waals surface area contributed by atoms with Crippen LogP contribution in [0.25, 0.3) is 11.1 Å². The molecule has 1 aliphatic rings. The summed E-state index contributed by atoms with van der Waals surface area (Å²) < 4.78 is 39.5. The smallest absolute Gasteiger partial charge is 0.178 e. The summed E-state index contributed by atoms with van der Waals surface area (Å²) in [5.41, 5.74) is 1.57. The number of aromatic nitrogens is 2. The maximum absolute atomic E-state index is 14.9. The van der Waals surface area contributed by atoms with Gasteiger partial charge in [0, 0.05) is 48.9 Å². The third-order valence-electron chi connectivity index (χ3n) is 4.92. The van der Waals surface area contributed by atoms with Gasteiger partial charge in [0.1, 0.15) is 18.2 Å². The van der Waals surface area contributed by atoms with Crippen LogP contribution in [-0.2, 0) is 4.74 Å². The zero-order chi connectivity index (χ0) is 21.1. The molecule has 8 heteroatoms. The highest BCUT2D eigenvalue weighted by molar-refractivity contribution is 6.03. The number of halogens is 2. The molecule has 0 radical (unpaired) electrons. The summed E-state index contributed by atoms with van der Waals surface area (Å²) in [7, 11) is 1.48. The van der Waals surface area contributed by atoms with Crippen molar-refractivity contribution in [2.24, 2.45) is 0 Å². The van der Waals surface area contributed by atoms with Crippen molar-refractivity contribution >= 4 is 11.6 Å². The molecule has 0 saturated carbocycles. The third-order valence-corrected chi connectivity index (χ3v) is 4.92. The van der Waals surface area contributed by atoms with Crippen molar-refractivity contribution in [1.82, 2.24) is 9.97 Å². The highest BCUT2D eigenvalue weighted by Crippen LogP contribution is 2.37. The quantitative estimate of drug-likeness (QED) is 0.471. The summed E-state index contributed by atoms with van der Waals surface area (Å²) in [5.74, 6) is -3.05. The molecule has 2 aromatic heterocycles. The number of ether oxygens (including phenoxy) is 2. The molecule has 30 heavy (non-hydrogen) atoms. The van der Waals surface area contributed by atoms with Crippen molar-refractivity contribution in [1.29, 1.82) is 0 Å². The van der Waals surface area contributed by atoms with Crippen molar-refractivity contribution in [2.45, 2.75) is 5.92 Å². The average Bonchev–Trinajstić information content (AvgIpc) is 3.19. The summed E-state index contributed by atoms with van der Waals surface area (Å²) in [6.07, 6.45) is 5.01. The first-order valence-corrected chi connectivity index (χ1v) is 9.38. The van der Waals surface area contributed by atoms with Crippen LogP contribution in [0.2, 0.25) is 0 Å². The number of pyridine rings is 2. The molecule has 0 amide bonds. The Kier molecular flexibility index (Phi) is 5.67. The van der Waals surface area contributed by atoms with Crippen molar-refractivity contribution in [3.05, 3.63) is 71.7 Å². The van der Waals surface area contributed by atoms with E-state index in [1.54, 1.807) is 30.7 Å². The van der Waals surface area contributed by atoms with E-state index in [9.17, 15) is 13.6 Å². The first kappa shape index (κ1) is 19.9. The normalized spacial score (nSPS) is 14.8. The number of hydrogen-bond donors (Lipinski definition) is 1. The Morgan fingerprint density at radius 2 is 2.07 bits per heavy atom. The summed E-state index contributed by atoms with van der Waals surface area (Å²) in [6.45, 7) is 0.521. The van der Waals surface area contributed by atoms with Crippen LogP contribution >= 0.6 is 0 Å². The maximum Gasteiger partial charge on any atom is 0.178 e. The van der Waals surface area contributed by atoms with Gasteiger partial charge in [0.15, 0.2) is 17.3 Å². The predicted molar refractivity (Wildman–Crippen MR) is 107 cm³/mol. The molecule has 1 aliphatic heterocycles. The molecule has 3 aromatic rings. The Balaban J connectivity index is 1.67. The number of anilines is 1. The van der Waals surface area contributed by atoms with E-state index in [0.29, 0.717) is 11.4 Å². The molecule has 0 aliphatic carbocycles. The molecule has 0 bridgehead atoms. The molecule has 0 fully saturated rings. The van der Waals surface area contributed by atoms with Crippen molar-refractivity contribution in [3.63, 3.8) is 0 Å². The lowest BCUT2D eigenvalue weighted by Crippen LogP contribution is -2.19. The molecule has 0 spiro atoms. The first-order valence-electron chi connectivity index (χ1n) is 9.38. The minimum atomic E-state index is -1.01. The molecule has 3 heterocycles. The number of rotatable bonds is 7. The zero-order valence-electron chi connectivity index (χ0n) is 16.2. The fourth-order valence-corrected chi connectivity index (χ4v) is 3.41. The molecule has 1 aromatic carbocycles. The van der Waals surface area contributed by atoms with Gasteiger partial charge in [-0.2, -0.15) is 0 Å². The molecular formula is C22H19F2N3O3. The highest BCUT2D eigenvalue weighted by atomic mass is 19.1. The van der Waals surface area contributed by atoms with Gasteiger partial charge in [-0.05, 0) is 24.3 Å². The second-order valence-electron chi connectivity index (χ2n) is 6.78. The Bertz CT molecular complexity index is 1080. The van der Waals surface area contributed by atoms with Gasteiger partial charge in [-0.3, -0.25) is 9.78 Å². The van der Waals surface area contributed by atoms with E-state index in [1.165, 1.54) is 13.2 Å². The van der Waals surface area contributed by atoms with E-state index in [-0.39, 0.29) is 25.5 Å². The lowest BCUT2D eigenvalue weighted by molar-refractivity contribution is 0.0956. The number of hydrogen-bond acceptors (Lipinski definition) is 6. The maximum atomic E-state index is 14.9. The molecular weight excluding hydrogens is 392 g/mol. The number of carbonyl (C=O) groups excluding carboxylic acids is 1.